The van der Waals surface area contributed by atoms with E-state index in [0.717, 1.165) is 18.4 Å². The number of aryl methyl sites for hydroxylation is 1. The number of aromatic nitrogens is 1. The molecule has 0 aliphatic rings. The highest BCUT2D eigenvalue weighted by Crippen LogP contribution is 2.29. The van der Waals surface area contributed by atoms with E-state index < -0.39 is 10.0 Å². The van der Waals surface area contributed by atoms with Gasteiger partial charge in [-0.05, 0) is 68.3 Å². The van der Waals surface area contributed by atoms with Crippen molar-refractivity contribution in [2.24, 2.45) is 0 Å². The number of sulfonamides is 1. The van der Waals surface area contributed by atoms with Gasteiger partial charge in [0.1, 0.15) is 5.76 Å². The van der Waals surface area contributed by atoms with E-state index >= 15 is 0 Å². The Morgan fingerprint density at radius 1 is 1.06 bits per heavy atom. The van der Waals surface area contributed by atoms with Gasteiger partial charge in [-0.25, -0.2) is 8.42 Å². The molecule has 1 heterocycles. The Balaban J connectivity index is 1.61. The van der Waals surface area contributed by atoms with Crippen molar-refractivity contribution in [3.05, 3.63) is 65.9 Å². The molecule has 3 rings (SSSR count). The Hall–Kier alpha value is -3.79. The Bertz CT molecular complexity index is 1270. The van der Waals surface area contributed by atoms with E-state index in [4.69, 9.17) is 14.0 Å². The van der Waals surface area contributed by atoms with Crippen molar-refractivity contribution in [3.8, 4) is 11.5 Å². The first-order valence-electron chi connectivity index (χ1n) is 11.3. The molecule has 2 N–H and O–H groups in total. The summed E-state index contributed by atoms with van der Waals surface area (Å²) in [5, 5.41) is 6.33. The molecule has 0 radical (unpaired) electrons. The molecule has 0 atom stereocenters. The Labute approximate surface area is 205 Å². The number of carbonyl (C=O) groups excluding carboxylic acids is 1. The lowest BCUT2D eigenvalue weighted by atomic mass is 10.2. The molecule has 3 aromatic rings. The third kappa shape index (κ3) is 7.61. The first-order chi connectivity index (χ1) is 16.8. The average molecular weight is 500 g/mol. The molecule has 0 spiro atoms. The average Bonchev–Trinajstić information content (AvgIpc) is 3.23. The predicted molar refractivity (Wildman–Crippen MR) is 134 cm³/mol. The number of anilines is 2. The minimum absolute atomic E-state index is 0.0244. The second kappa shape index (κ2) is 12.1. The van der Waals surface area contributed by atoms with Crippen molar-refractivity contribution in [2.75, 3.05) is 23.3 Å². The molecule has 10 heteroatoms. The van der Waals surface area contributed by atoms with Gasteiger partial charge in [-0.2, -0.15) is 0 Å². The number of amides is 1. The Morgan fingerprint density at radius 3 is 2.49 bits per heavy atom. The molecule has 0 saturated carbocycles. The lowest BCUT2D eigenvalue weighted by Gasteiger charge is -2.12. The fourth-order valence-corrected chi connectivity index (χ4v) is 4.01. The normalized spacial score (nSPS) is 11.4. The molecule has 35 heavy (non-hydrogen) atoms. The molecule has 2 aromatic carbocycles. The van der Waals surface area contributed by atoms with Gasteiger partial charge in [0.2, 0.25) is 5.91 Å². The van der Waals surface area contributed by atoms with Crippen molar-refractivity contribution >= 4 is 33.5 Å². The van der Waals surface area contributed by atoms with Crippen LogP contribution in [0.3, 0.4) is 0 Å². The summed E-state index contributed by atoms with van der Waals surface area (Å²) in [6, 6.07) is 12.7. The zero-order valence-electron chi connectivity index (χ0n) is 19.9. The van der Waals surface area contributed by atoms with Gasteiger partial charge >= 0.3 is 0 Å². The lowest BCUT2D eigenvalue weighted by Crippen LogP contribution is -2.13. The monoisotopic (exact) mass is 499 g/mol. The molecular formula is C25H29N3O6S. The van der Waals surface area contributed by atoms with Gasteiger partial charge in [-0.15, -0.1) is 0 Å². The summed E-state index contributed by atoms with van der Waals surface area (Å²) in [5.74, 6) is 1.51. The van der Waals surface area contributed by atoms with Gasteiger partial charge in [0, 0.05) is 17.8 Å². The van der Waals surface area contributed by atoms with Crippen LogP contribution in [0.15, 0.2) is 64.0 Å². The minimum atomic E-state index is -3.83. The van der Waals surface area contributed by atoms with Gasteiger partial charge in [0.25, 0.3) is 10.0 Å². The predicted octanol–water partition coefficient (Wildman–Crippen LogP) is 5.01. The summed E-state index contributed by atoms with van der Waals surface area (Å²) in [6.07, 6.45) is 5.05. The smallest absolute Gasteiger partial charge is 0.263 e. The van der Waals surface area contributed by atoms with Crippen molar-refractivity contribution < 1.29 is 27.2 Å². The number of nitrogens with zero attached hydrogens (tertiary/aromatic N) is 1. The van der Waals surface area contributed by atoms with Crippen LogP contribution in [0, 0.1) is 6.92 Å². The molecular weight excluding hydrogens is 470 g/mol. The van der Waals surface area contributed by atoms with Crippen LogP contribution in [0.5, 0.6) is 11.5 Å². The zero-order chi connectivity index (χ0) is 25.3. The number of nitrogens with one attached hydrogen (secondary N) is 2. The van der Waals surface area contributed by atoms with Crippen LogP contribution in [0.25, 0.3) is 6.08 Å². The highest BCUT2D eigenvalue weighted by Gasteiger charge is 2.16. The third-order valence-corrected chi connectivity index (χ3v) is 6.12. The van der Waals surface area contributed by atoms with E-state index in [9.17, 15) is 13.2 Å². The highest BCUT2D eigenvalue weighted by molar-refractivity contribution is 7.92. The summed E-state index contributed by atoms with van der Waals surface area (Å²) < 4.78 is 43.6. The van der Waals surface area contributed by atoms with Gasteiger partial charge in [0.15, 0.2) is 17.3 Å². The number of benzene rings is 2. The maximum absolute atomic E-state index is 12.5. The summed E-state index contributed by atoms with van der Waals surface area (Å²) in [5.41, 5.74) is 1.23. The van der Waals surface area contributed by atoms with Crippen molar-refractivity contribution in [1.82, 2.24) is 5.16 Å². The van der Waals surface area contributed by atoms with Crippen LogP contribution in [-0.4, -0.2) is 32.7 Å². The molecule has 0 saturated heterocycles. The van der Waals surface area contributed by atoms with Gasteiger partial charge in [-0.1, -0.05) is 24.6 Å². The summed E-state index contributed by atoms with van der Waals surface area (Å²) in [4.78, 5) is 12.4. The molecule has 0 aliphatic carbocycles. The molecule has 0 bridgehead atoms. The second-order valence-corrected chi connectivity index (χ2v) is 9.30. The van der Waals surface area contributed by atoms with Gasteiger partial charge < -0.3 is 19.3 Å². The Morgan fingerprint density at radius 2 is 1.83 bits per heavy atom. The molecule has 0 fully saturated rings. The van der Waals surface area contributed by atoms with Gasteiger partial charge in [-0.3, -0.25) is 9.52 Å². The molecule has 0 unspecified atom stereocenters. The van der Waals surface area contributed by atoms with Crippen molar-refractivity contribution in [1.29, 1.82) is 0 Å². The maximum Gasteiger partial charge on any atom is 0.263 e. The number of unbranched alkanes of at least 4 members (excludes halogenated alkanes) is 1. The van der Waals surface area contributed by atoms with E-state index in [0.29, 0.717) is 36.2 Å². The fraction of sp³-hybridized carbons (Fsp3) is 0.280. The number of hydrogen-bond donors (Lipinski definition) is 2. The van der Waals surface area contributed by atoms with Crippen LogP contribution in [0.4, 0.5) is 11.5 Å². The largest absolute Gasteiger partial charge is 0.490 e. The van der Waals surface area contributed by atoms with Crippen molar-refractivity contribution in [2.45, 2.75) is 38.5 Å². The second-order valence-electron chi connectivity index (χ2n) is 7.62. The first-order valence-corrected chi connectivity index (χ1v) is 12.7. The number of carbonyl (C=O) groups is 1. The topological polar surface area (TPSA) is 120 Å². The summed E-state index contributed by atoms with van der Waals surface area (Å²) >= 11 is 0. The molecule has 186 valence electrons. The Kier molecular flexibility index (Phi) is 8.91. The van der Waals surface area contributed by atoms with E-state index in [1.165, 1.54) is 36.4 Å². The standard InChI is InChI=1S/C25H29N3O6S/c1-4-6-15-33-22-13-7-19(17-23(22)32-5-2)8-14-25(29)26-20-9-11-21(12-10-20)35(30,31)28-24-16-18(3)34-27-24/h7-14,16-17H,4-6,15H2,1-3H3,(H,26,29)(H,27,28)/b14-8+. The lowest BCUT2D eigenvalue weighted by molar-refractivity contribution is -0.111. The zero-order valence-corrected chi connectivity index (χ0v) is 20.7. The van der Waals surface area contributed by atoms with E-state index in [1.807, 2.05) is 25.1 Å². The maximum atomic E-state index is 12.5. The van der Waals surface area contributed by atoms with E-state index in [1.54, 1.807) is 13.0 Å². The summed E-state index contributed by atoms with van der Waals surface area (Å²) in [6.45, 7) is 6.77. The quantitative estimate of drug-likeness (QED) is 0.265. The fourth-order valence-electron chi connectivity index (χ4n) is 3.03. The molecule has 9 nitrogen and oxygen atoms in total. The molecule has 0 aliphatic heterocycles. The van der Waals surface area contributed by atoms with Crippen LogP contribution < -0.4 is 19.5 Å². The van der Waals surface area contributed by atoms with E-state index in [-0.39, 0.29) is 16.6 Å². The summed E-state index contributed by atoms with van der Waals surface area (Å²) in [7, 11) is -3.83. The number of hydrogen-bond acceptors (Lipinski definition) is 7. The molecule has 1 amide bonds. The number of ether oxygens (including phenoxy) is 2. The minimum Gasteiger partial charge on any atom is -0.490 e. The van der Waals surface area contributed by atoms with Crippen molar-refractivity contribution in [3.63, 3.8) is 0 Å². The first kappa shape index (κ1) is 25.8. The molecule has 1 aromatic heterocycles. The van der Waals surface area contributed by atoms with Gasteiger partial charge in [0.05, 0.1) is 18.1 Å². The highest BCUT2D eigenvalue weighted by atomic mass is 32.2. The van der Waals surface area contributed by atoms with Crippen LogP contribution in [-0.2, 0) is 14.8 Å². The van der Waals surface area contributed by atoms with Crippen LogP contribution in [0.2, 0.25) is 0 Å². The third-order valence-electron chi connectivity index (χ3n) is 4.75. The van der Waals surface area contributed by atoms with Crippen LogP contribution in [0.1, 0.15) is 38.0 Å². The van der Waals surface area contributed by atoms with E-state index in [2.05, 4.69) is 22.1 Å². The number of rotatable bonds is 12. The van der Waals surface area contributed by atoms with Crippen LogP contribution >= 0.6 is 0 Å². The SMILES string of the molecule is CCCCOc1ccc(/C=C/C(=O)Nc2ccc(S(=O)(=O)Nc3cc(C)on3)cc2)cc1OCC.